The number of imide groups is 1. The molecule has 0 aliphatic carbocycles. The maximum atomic E-state index is 11.5. The smallest absolute Gasteiger partial charge is 0.424 e. The summed E-state index contributed by atoms with van der Waals surface area (Å²) in [7, 11) is 0. The third-order valence-corrected chi connectivity index (χ3v) is 2.00. The second-order valence-electron chi connectivity index (χ2n) is 2.91. The summed E-state index contributed by atoms with van der Waals surface area (Å²) in [5.41, 5.74) is 2.15. The number of carboxylic acid groups (broad SMARTS) is 1. The third kappa shape index (κ3) is 1.32. The van der Waals surface area contributed by atoms with E-state index in [1.54, 1.807) is 17.6 Å². The van der Waals surface area contributed by atoms with Crippen molar-refractivity contribution in [2.75, 3.05) is 0 Å². The Morgan fingerprint density at radius 1 is 1.13 bits per heavy atom. The van der Waals surface area contributed by atoms with Crippen molar-refractivity contribution in [1.82, 2.24) is 10.4 Å². The lowest BCUT2D eigenvalue weighted by Gasteiger charge is -2.11. The van der Waals surface area contributed by atoms with Crippen LogP contribution in [0.15, 0.2) is 24.3 Å². The first-order chi connectivity index (χ1) is 7.11. The fourth-order valence-electron chi connectivity index (χ4n) is 1.39. The molecule has 3 amide bonds. The first kappa shape index (κ1) is 9.20. The van der Waals surface area contributed by atoms with Crippen LogP contribution in [0.4, 0.5) is 4.79 Å². The fraction of sp³-hybridized carbons (Fsp3) is 0. The minimum atomic E-state index is -1.45. The molecule has 15 heavy (non-hydrogen) atoms. The zero-order chi connectivity index (χ0) is 11.0. The average Bonchev–Trinajstić information content (AvgIpc) is 2.44. The largest absolute Gasteiger partial charge is 0.464 e. The minimum Gasteiger partial charge on any atom is -0.464 e. The molecule has 76 valence electrons. The van der Waals surface area contributed by atoms with E-state index in [2.05, 4.69) is 0 Å². The molecule has 0 bridgehead atoms. The zero-order valence-corrected chi connectivity index (χ0v) is 7.43. The van der Waals surface area contributed by atoms with Gasteiger partial charge in [0, 0.05) is 0 Å². The first-order valence-electron chi connectivity index (χ1n) is 4.08. The van der Waals surface area contributed by atoms with Gasteiger partial charge in [-0.05, 0) is 12.1 Å². The first-order valence-corrected chi connectivity index (χ1v) is 4.08. The Labute approximate surface area is 84.1 Å². The van der Waals surface area contributed by atoms with Gasteiger partial charge in [0.15, 0.2) is 0 Å². The van der Waals surface area contributed by atoms with Crippen LogP contribution in [-0.2, 0) is 0 Å². The molecule has 0 radical (unpaired) electrons. The highest BCUT2D eigenvalue weighted by atomic mass is 16.4. The molecule has 1 aliphatic rings. The highest BCUT2D eigenvalue weighted by Crippen LogP contribution is 2.20. The SMILES string of the molecule is O=C(O)NN1C(=O)c2ccccc2C1=O. The number of nitrogens with one attached hydrogen (secondary N) is 1. The number of amides is 3. The Kier molecular flexibility index (Phi) is 1.89. The topological polar surface area (TPSA) is 86.7 Å². The number of nitrogens with zero attached hydrogens (tertiary/aromatic N) is 1. The van der Waals surface area contributed by atoms with Gasteiger partial charge in [-0.1, -0.05) is 12.1 Å². The van der Waals surface area contributed by atoms with Crippen LogP contribution in [0.25, 0.3) is 0 Å². The number of hydrogen-bond acceptors (Lipinski definition) is 3. The molecule has 2 N–H and O–H groups in total. The molecule has 0 saturated carbocycles. The van der Waals surface area contributed by atoms with Crippen molar-refractivity contribution in [2.45, 2.75) is 0 Å². The van der Waals surface area contributed by atoms with Crippen LogP contribution in [0, 0.1) is 0 Å². The van der Waals surface area contributed by atoms with Crippen molar-refractivity contribution in [3.05, 3.63) is 35.4 Å². The molecule has 0 unspecified atom stereocenters. The van der Waals surface area contributed by atoms with Gasteiger partial charge in [-0.25, -0.2) is 10.2 Å². The van der Waals surface area contributed by atoms with Gasteiger partial charge >= 0.3 is 6.09 Å². The second kappa shape index (κ2) is 3.09. The maximum absolute atomic E-state index is 11.5. The average molecular weight is 206 g/mol. The van der Waals surface area contributed by atoms with Crippen molar-refractivity contribution in [3.63, 3.8) is 0 Å². The van der Waals surface area contributed by atoms with E-state index in [4.69, 9.17) is 5.11 Å². The molecule has 0 fully saturated rings. The zero-order valence-electron chi connectivity index (χ0n) is 7.43. The molecule has 6 nitrogen and oxygen atoms in total. The molecule has 1 aromatic carbocycles. The molecule has 2 rings (SSSR count). The Balaban J connectivity index is 2.41. The van der Waals surface area contributed by atoms with Gasteiger partial charge in [-0.15, -0.1) is 0 Å². The quantitative estimate of drug-likeness (QED) is 0.653. The van der Waals surface area contributed by atoms with Crippen LogP contribution in [0.2, 0.25) is 0 Å². The van der Waals surface area contributed by atoms with Crippen LogP contribution >= 0.6 is 0 Å². The summed E-state index contributed by atoms with van der Waals surface area (Å²) in [6, 6.07) is 6.15. The summed E-state index contributed by atoms with van der Waals surface area (Å²) in [6.07, 6.45) is -1.45. The van der Waals surface area contributed by atoms with E-state index >= 15 is 0 Å². The molecule has 1 heterocycles. The molecule has 1 aliphatic heterocycles. The van der Waals surface area contributed by atoms with Crippen molar-refractivity contribution < 1.29 is 19.5 Å². The van der Waals surface area contributed by atoms with Gasteiger partial charge in [-0.3, -0.25) is 9.59 Å². The number of carbonyl (C=O) groups is 3. The number of fused-ring (bicyclic) bond motifs is 1. The Morgan fingerprint density at radius 3 is 2.00 bits per heavy atom. The van der Waals surface area contributed by atoms with E-state index in [9.17, 15) is 14.4 Å². The molecule has 1 aromatic rings. The van der Waals surface area contributed by atoms with Crippen LogP contribution in [0.5, 0.6) is 0 Å². The van der Waals surface area contributed by atoms with E-state index in [-0.39, 0.29) is 11.1 Å². The van der Waals surface area contributed by atoms with E-state index in [0.29, 0.717) is 5.01 Å². The summed E-state index contributed by atoms with van der Waals surface area (Å²) in [5.74, 6) is -1.31. The summed E-state index contributed by atoms with van der Waals surface area (Å²) in [4.78, 5) is 33.4. The molecular formula is C9H6N2O4. The Bertz CT molecular complexity index is 434. The third-order valence-electron chi connectivity index (χ3n) is 2.00. The monoisotopic (exact) mass is 206 g/mol. The number of hydrazine groups is 1. The lowest BCUT2D eigenvalue weighted by molar-refractivity contribution is 0.0559. The molecule has 6 heteroatoms. The van der Waals surface area contributed by atoms with Crippen LogP contribution in [-0.4, -0.2) is 28.0 Å². The van der Waals surface area contributed by atoms with Gasteiger partial charge in [-0.2, -0.15) is 5.01 Å². The normalized spacial score (nSPS) is 14.0. The molecule has 0 spiro atoms. The molecule has 0 saturated heterocycles. The van der Waals surface area contributed by atoms with Gasteiger partial charge in [0.05, 0.1) is 11.1 Å². The van der Waals surface area contributed by atoms with Gasteiger partial charge in [0.25, 0.3) is 11.8 Å². The summed E-state index contributed by atoms with van der Waals surface area (Å²) >= 11 is 0. The highest BCUT2D eigenvalue weighted by Gasteiger charge is 2.36. The minimum absolute atomic E-state index is 0.205. The van der Waals surface area contributed by atoms with Gasteiger partial charge < -0.3 is 5.11 Å². The summed E-state index contributed by atoms with van der Waals surface area (Å²) in [5, 5.41) is 8.91. The summed E-state index contributed by atoms with van der Waals surface area (Å²) in [6.45, 7) is 0. The lowest BCUT2D eigenvalue weighted by atomic mass is 10.1. The predicted octanol–water partition coefficient (Wildman–Crippen LogP) is 0.465. The van der Waals surface area contributed by atoms with Crippen LogP contribution < -0.4 is 5.43 Å². The number of hydrogen-bond donors (Lipinski definition) is 2. The van der Waals surface area contributed by atoms with Crippen molar-refractivity contribution >= 4 is 17.9 Å². The van der Waals surface area contributed by atoms with Crippen LogP contribution in [0.3, 0.4) is 0 Å². The molecular weight excluding hydrogens is 200 g/mol. The van der Waals surface area contributed by atoms with Crippen molar-refractivity contribution in [2.24, 2.45) is 0 Å². The number of rotatable bonds is 1. The van der Waals surface area contributed by atoms with Crippen molar-refractivity contribution in [1.29, 1.82) is 0 Å². The van der Waals surface area contributed by atoms with E-state index < -0.39 is 17.9 Å². The van der Waals surface area contributed by atoms with E-state index in [0.717, 1.165) is 0 Å². The van der Waals surface area contributed by atoms with Gasteiger partial charge in [0.2, 0.25) is 0 Å². The maximum Gasteiger partial charge on any atom is 0.424 e. The highest BCUT2D eigenvalue weighted by molar-refractivity contribution is 6.21. The number of benzene rings is 1. The summed E-state index contributed by atoms with van der Waals surface area (Å²) < 4.78 is 0. The lowest BCUT2D eigenvalue weighted by Crippen LogP contribution is -2.45. The van der Waals surface area contributed by atoms with Crippen LogP contribution in [0.1, 0.15) is 20.7 Å². The standard InChI is InChI=1S/C9H6N2O4/c12-7-5-3-1-2-4-6(5)8(13)11(7)10-9(14)15/h1-4,10H,(H,14,15). The Morgan fingerprint density at radius 2 is 1.60 bits per heavy atom. The van der Waals surface area contributed by atoms with Gasteiger partial charge in [0.1, 0.15) is 0 Å². The van der Waals surface area contributed by atoms with E-state index in [1.807, 2.05) is 0 Å². The van der Waals surface area contributed by atoms with E-state index in [1.165, 1.54) is 12.1 Å². The second-order valence-corrected chi connectivity index (χ2v) is 2.91. The Hall–Kier alpha value is -2.37. The number of carbonyl (C=O) groups excluding carboxylic acids is 2. The fourth-order valence-corrected chi connectivity index (χ4v) is 1.39. The predicted molar refractivity (Wildman–Crippen MR) is 48.1 cm³/mol. The molecule has 0 atom stereocenters. The molecule has 0 aromatic heterocycles. The van der Waals surface area contributed by atoms with Crippen molar-refractivity contribution in [3.8, 4) is 0 Å².